The molecule has 3 rings (SSSR count). The summed E-state index contributed by atoms with van der Waals surface area (Å²) in [6.07, 6.45) is 5.01. The number of halogens is 1. The van der Waals surface area contributed by atoms with Crippen LogP contribution in [-0.4, -0.2) is 57.3 Å². The van der Waals surface area contributed by atoms with Gasteiger partial charge in [0.25, 0.3) is 0 Å². The average molecular weight is 542 g/mol. The Kier molecular flexibility index (Phi) is 11.0. The number of hydrogen-bond donors (Lipinski definition) is 2. The third-order valence-electron chi connectivity index (χ3n) is 5.56. The molecule has 0 bridgehead atoms. The van der Waals surface area contributed by atoms with Crippen LogP contribution in [0.3, 0.4) is 0 Å². The van der Waals surface area contributed by atoms with Crippen molar-refractivity contribution < 1.29 is 13.9 Å². The van der Waals surface area contributed by atoms with Gasteiger partial charge in [-0.15, -0.1) is 24.0 Å². The van der Waals surface area contributed by atoms with Gasteiger partial charge in [-0.3, -0.25) is 4.90 Å². The lowest BCUT2D eigenvalue weighted by Crippen LogP contribution is -2.45. The normalized spacial score (nSPS) is 16.6. The lowest BCUT2D eigenvalue weighted by molar-refractivity contribution is 0.267. The largest absolute Gasteiger partial charge is 0.497 e. The molecule has 0 radical (unpaired) electrons. The molecule has 1 aromatic heterocycles. The number of furan rings is 1. The zero-order valence-corrected chi connectivity index (χ0v) is 21.1. The predicted molar refractivity (Wildman–Crippen MR) is 135 cm³/mol. The lowest BCUT2D eigenvalue weighted by atomic mass is 10.2. The van der Waals surface area contributed by atoms with Crippen molar-refractivity contribution in [3.8, 4) is 11.5 Å². The molecule has 31 heavy (non-hydrogen) atoms. The van der Waals surface area contributed by atoms with Gasteiger partial charge in [0.2, 0.25) is 0 Å². The van der Waals surface area contributed by atoms with Gasteiger partial charge in [-0.25, -0.2) is 4.99 Å². The van der Waals surface area contributed by atoms with Crippen LogP contribution in [0.1, 0.15) is 31.1 Å². The molecule has 1 fully saturated rings. The van der Waals surface area contributed by atoms with Crippen molar-refractivity contribution in [3.05, 3.63) is 47.9 Å². The number of guanidine groups is 1. The maximum Gasteiger partial charge on any atom is 0.191 e. The van der Waals surface area contributed by atoms with Crippen molar-refractivity contribution in [3.63, 3.8) is 0 Å². The first-order chi connectivity index (χ1) is 14.7. The smallest absolute Gasteiger partial charge is 0.191 e. The summed E-state index contributed by atoms with van der Waals surface area (Å²) in [4.78, 5) is 7.34. The number of aliphatic imine (C=N–C) groups is 1. The van der Waals surface area contributed by atoms with Crippen molar-refractivity contribution >= 4 is 29.9 Å². The molecule has 1 aliphatic heterocycles. The summed E-state index contributed by atoms with van der Waals surface area (Å²) >= 11 is 0. The Labute approximate surface area is 202 Å². The summed E-state index contributed by atoms with van der Waals surface area (Å²) < 4.78 is 16.2. The Hall–Kier alpha value is -1.94. The molecular weight excluding hydrogens is 507 g/mol. The Balaban J connectivity index is 0.00000341. The second kappa shape index (κ2) is 13.5. The van der Waals surface area contributed by atoms with E-state index in [0.717, 1.165) is 54.8 Å². The number of nitrogens with one attached hydrogen (secondary N) is 2. The Bertz CT molecular complexity index is 798. The van der Waals surface area contributed by atoms with Gasteiger partial charge in [-0.2, -0.15) is 0 Å². The first kappa shape index (κ1) is 25.3. The van der Waals surface area contributed by atoms with Gasteiger partial charge in [-0.05, 0) is 50.2 Å². The van der Waals surface area contributed by atoms with Crippen molar-refractivity contribution in [1.82, 2.24) is 15.5 Å². The number of methoxy groups -OCH3 is 2. The van der Waals surface area contributed by atoms with E-state index in [1.165, 1.54) is 19.4 Å². The monoisotopic (exact) mass is 542 g/mol. The Morgan fingerprint density at radius 1 is 1.23 bits per heavy atom. The SMILES string of the molecule is CCN1CCCC1CNC(=NCc1ccc(OC)cc1OC)NCCc1ccco1.I. The molecule has 1 atom stereocenters. The summed E-state index contributed by atoms with van der Waals surface area (Å²) in [5.41, 5.74) is 1.02. The van der Waals surface area contributed by atoms with Gasteiger partial charge in [0.15, 0.2) is 5.96 Å². The third-order valence-corrected chi connectivity index (χ3v) is 5.56. The number of benzene rings is 1. The molecule has 0 spiro atoms. The number of likely N-dealkylation sites (N-methyl/N-ethyl adjacent to an activating group) is 1. The molecule has 2 heterocycles. The van der Waals surface area contributed by atoms with Crippen LogP contribution >= 0.6 is 24.0 Å². The van der Waals surface area contributed by atoms with Gasteiger partial charge in [-0.1, -0.05) is 6.92 Å². The summed E-state index contributed by atoms with van der Waals surface area (Å²) in [6, 6.07) is 10.3. The number of rotatable bonds is 10. The highest BCUT2D eigenvalue weighted by Crippen LogP contribution is 2.25. The highest BCUT2D eigenvalue weighted by molar-refractivity contribution is 14.0. The number of ether oxygens (including phenoxy) is 2. The standard InChI is InChI=1S/C23H34N4O3.HI/c1-4-27-13-5-7-19(27)17-26-23(24-12-11-20-8-6-14-30-20)25-16-18-9-10-21(28-2)15-22(18)29-3;/h6,8-10,14-15,19H,4-5,7,11-13,16-17H2,1-3H3,(H2,24,25,26);1H. The van der Waals surface area contributed by atoms with Crippen LogP contribution in [-0.2, 0) is 13.0 Å². The molecule has 0 saturated carbocycles. The number of hydrogen-bond acceptors (Lipinski definition) is 5. The topological polar surface area (TPSA) is 71.3 Å². The van der Waals surface area contributed by atoms with Gasteiger partial charge in [0.05, 0.1) is 27.0 Å². The molecule has 8 heteroatoms. The lowest BCUT2D eigenvalue weighted by Gasteiger charge is -2.24. The molecule has 2 N–H and O–H groups in total. The second-order valence-corrected chi connectivity index (χ2v) is 7.40. The highest BCUT2D eigenvalue weighted by atomic mass is 127. The average Bonchev–Trinajstić information content (AvgIpc) is 3.46. The van der Waals surface area contributed by atoms with E-state index in [2.05, 4.69) is 22.5 Å². The second-order valence-electron chi connectivity index (χ2n) is 7.40. The Morgan fingerprint density at radius 2 is 2.10 bits per heavy atom. The van der Waals surface area contributed by atoms with Crippen molar-refractivity contribution in [1.29, 1.82) is 0 Å². The van der Waals surface area contributed by atoms with Crippen LogP contribution in [0.15, 0.2) is 46.0 Å². The molecule has 1 aromatic carbocycles. The minimum absolute atomic E-state index is 0. The van der Waals surface area contributed by atoms with Gasteiger partial charge >= 0.3 is 0 Å². The Morgan fingerprint density at radius 3 is 2.81 bits per heavy atom. The van der Waals surface area contributed by atoms with Crippen LogP contribution in [0.25, 0.3) is 0 Å². The zero-order valence-electron chi connectivity index (χ0n) is 18.7. The summed E-state index contributed by atoms with van der Waals surface area (Å²) in [5.74, 6) is 3.32. The minimum Gasteiger partial charge on any atom is -0.497 e. The summed E-state index contributed by atoms with van der Waals surface area (Å²) in [6.45, 7) is 6.66. The van der Waals surface area contributed by atoms with Gasteiger partial charge in [0, 0.05) is 37.2 Å². The fourth-order valence-electron chi connectivity index (χ4n) is 3.84. The first-order valence-corrected chi connectivity index (χ1v) is 10.7. The molecule has 0 aliphatic carbocycles. The van der Waals surface area contributed by atoms with Gasteiger partial charge < -0.3 is 24.5 Å². The van der Waals surface area contributed by atoms with E-state index in [0.29, 0.717) is 12.6 Å². The molecule has 172 valence electrons. The fraction of sp³-hybridized carbons (Fsp3) is 0.522. The highest BCUT2D eigenvalue weighted by Gasteiger charge is 2.22. The van der Waals surface area contributed by atoms with E-state index in [-0.39, 0.29) is 24.0 Å². The molecular formula is C23H35IN4O3. The van der Waals surface area contributed by atoms with Gasteiger partial charge in [0.1, 0.15) is 17.3 Å². The number of nitrogens with zero attached hydrogens (tertiary/aromatic N) is 2. The van der Waals surface area contributed by atoms with E-state index < -0.39 is 0 Å². The first-order valence-electron chi connectivity index (χ1n) is 10.7. The molecule has 1 saturated heterocycles. The van der Waals surface area contributed by atoms with Crippen LogP contribution in [0.5, 0.6) is 11.5 Å². The summed E-state index contributed by atoms with van der Waals surface area (Å²) in [7, 11) is 3.32. The van der Waals surface area contributed by atoms with Crippen LogP contribution in [0.2, 0.25) is 0 Å². The molecule has 7 nitrogen and oxygen atoms in total. The predicted octanol–water partition coefficient (Wildman–Crippen LogP) is 3.68. The van der Waals surface area contributed by atoms with Crippen LogP contribution in [0.4, 0.5) is 0 Å². The van der Waals surface area contributed by atoms with E-state index in [9.17, 15) is 0 Å². The molecule has 1 aliphatic rings. The molecule has 2 aromatic rings. The van der Waals surface area contributed by atoms with E-state index in [4.69, 9.17) is 18.9 Å². The van der Waals surface area contributed by atoms with Crippen LogP contribution in [0, 0.1) is 0 Å². The third kappa shape index (κ3) is 7.60. The van der Waals surface area contributed by atoms with E-state index in [1.807, 2.05) is 30.3 Å². The van der Waals surface area contributed by atoms with Crippen LogP contribution < -0.4 is 20.1 Å². The van der Waals surface area contributed by atoms with Crippen molar-refractivity contribution in [2.45, 2.75) is 38.8 Å². The maximum atomic E-state index is 5.51. The zero-order chi connectivity index (χ0) is 21.2. The fourth-order valence-corrected chi connectivity index (χ4v) is 3.84. The quantitative estimate of drug-likeness (QED) is 0.271. The number of likely N-dealkylation sites (tertiary alicyclic amines) is 1. The van der Waals surface area contributed by atoms with Crippen molar-refractivity contribution in [2.24, 2.45) is 4.99 Å². The summed E-state index contributed by atoms with van der Waals surface area (Å²) in [5, 5.41) is 6.98. The van der Waals surface area contributed by atoms with E-state index >= 15 is 0 Å². The van der Waals surface area contributed by atoms with E-state index in [1.54, 1.807) is 20.5 Å². The molecule has 1 unspecified atom stereocenters. The minimum atomic E-state index is 0. The van der Waals surface area contributed by atoms with Crippen molar-refractivity contribution in [2.75, 3.05) is 40.4 Å². The molecule has 0 amide bonds. The maximum absolute atomic E-state index is 5.51.